The highest BCUT2D eigenvalue weighted by atomic mass is 32.2. The van der Waals surface area contributed by atoms with E-state index in [0.717, 1.165) is 28.6 Å². The van der Waals surface area contributed by atoms with Crippen LogP contribution in [0.15, 0.2) is 46.2 Å². The van der Waals surface area contributed by atoms with Crippen LogP contribution in [0.25, 0.3) is 10.2 Å². The van der Waals surface area contributed by atoms with Crippen LogP contribution in [-0.4, -0.2) is 74.0 Å². The Labute approximate surface area is 221 Å². The number of piperazine rings is 1. The number of piperidine rings is 1. The Morgan fingerprint density at radius 3 is 2.31 bits per heavy atom. The van der Waals surface area contributed by atoms with E-state index in [9.17, 15) is 13.2 Å². The molecule has 7 nitrogen and oxygen atoms in total. The fourth-order valence-corrected chi connectivity index (χ4v) is 8.83. The van der Waals surface area contributed by atoms with E-state index in [0.29, 0.717) is 43.9 Å². The van der Waals surface area contributed by atoms with Crippen molar-refractivity contribution in [2.24, 2.45) is 5.92 Å². The van der Waals surface area contributed by atoms with Gasteiger partial charge in [-0.05, 0) is 56.2 Å². The molecule has 2 aliphatic heterocycles. The van der Waals surface area contributed by atoms with Crippen molar-refractivity contribution in [1.82, 2.24) is 14.2 Å². The van der Waals surface area contributed by atoms with Gasteiger partial charge in [0.25, 0.3) is 0 Å². The summed E-state index contributed by atoms with van der Waals surface area (Å²) in [7, 11) is -3.56. The zero-order valence-corrected chi connectivity index (χ0v) is 23.4. The molecule has 36 heavy (non-hydrogen) atoms. The van der Waals surface area contributed by atoms with Crippen molar-refractivity contribution in [3.63, 3.8) is 0 Å². The molecule has 2 aromatic carbocycles. The Morgan fingerprint density at radius 2 is 1.64 bits per heavy atom. The maximum atomic E-state index is 13.3. The van der Waals surface area contributed by atoms with Gasteiger partial charge in [-0.3, -0.25) is 4.79 Å². The minimum absolute atomic E-state index is 0.119. The number of thioether (sulfide) groups is 1. The lowest BCUT2D eigenvalue weighted by atomic mass is 9.96. The number of anilines is 1. The third-order valence-electron chi connectivity index (χ3n) is 7.28. The molecule has 0 spiro atoms. The maximum Gasteiger partial charge on any atom is 0.244 e. The summed E-state index contributed by atoms with van der Waals surface area (Å²) in [6, 6.07) is 11.4. The van der Waals surface area contributed by atoms with E-state index >= 15 is 0 Å². The summed E-state index contributed by atoms with van der Waals surface area (Å²) in [5.41, 5.74) is 3.52. The van der Waals surface area contributed by atoms with Gasteiger partial charge in [0.15, 0.2) is 5.13 Å². The lowest BCUT2D eigenvalue weighted by molar-refractivity contribution is -0.137. The van der Waals surface area contributed by atoms with Crippen LogP contribution in [0.2, 0.25) is 0 Å². The van der Waals surface area contributed by atoms with Crippen LogP contribution in [0.3, 0.4) is 0 Å². The number of amides is 1. The fraction of sp³-hybridized carbons (Fsp3) is 0.462. The number of aryl methyl sites for hydroxylation is 2. The number of benzene rings is 2. The number of fused-ring (bicyclic) bond motifs is 1. The normalized spacial score (nSPS) is 18.2. The second-order valence-electron chi connectivity index (χ2n) is 9.52. The minimum Gasteiger partial charge on any atom is -0.345 e. The summed E-state index contributed by atoms with van der Waals surface area (Å²) in [6.45, 7) is 7.86. The summed E-state index contributed by atoms with van der Waals surface area (Å²) in [5, 5.41) is 1.03. The molecule has 3 aromatic rings. The molecule has 10 heteroatoms. The quantitative estimate of drug-likeness (QED) is 0.444. The summed E-state index contributed by atoms with van der Waals surface area (Å²) in [4.78, 5) is 23.5. The molecule has 2 fully saturated rings. The third kappa shape index (κ3) is 4.76. The highest BCUT2D eigenvalue weighted by Gasteiger charge is 2.35. The number of hydrogen-bond donors (Lipinski definition) is 0. The second kappa shape index (κ2) is 10.3. The molecule has 3 heterocycles. The van der Waals surface area contributed by atoms with Crippen LogP contribution >= 0.6 is 23.1 Å². The molecule has 0 bridgehead atoms. The Balaban J connectivity index is 1.18. The lowest BCUT2D eigenvalue weighted by Crippen LogP contribution is -2.52. The zero-order valence-electron chi connectivity index (χ0n) is 20.9. The first-order chi connectivity index (χ1) is 17.3. The molecule has 0 atom stereocenters. The molecule has 2 aliphatic rings. The zero-order chi connectivity index (χ0) is 25.4. The molecule has 0 saturated carbocycles. The van der Waals surface area contributed by atoms with Gasteiger partial charge in [-0.15, -0.1) is 11.8 Å². The molecular weight excluding hydrogens is 513 g/mol. The van der Waals surface area contributed by atoms with Crippen molar-refractivity contribution in [2.45, 2.75) is 36.5 Å². The predicted molar refractivity (Wildman–Crippen MR) is 148 cm³/mol. The lowest BCUT2D eigenvalue weighted by Gasteiger charge is -2.38. The first-order valence-corrected chi connectivity index (χ1v) is 15.8. The topological polar surface area (TPSA) is 73.8 Å². The van der Waals surface area contributed by atoms with Gasteiger partial charge < -0.3 is 9.80 Å². The number of rotatable bonds is 5. The molecular formula is C26H32N4O3S3. The summed E-state index contributed by atoms with van der Waals surface area (Å²) in [5.74, 6) is 0.0405. The third-order valence-corrected chi connectivity index (χ3v) is 11.4. The first kappa shape index (κ1) is 25.5. The number of carbonyl (C=O) groups excluding carboxylic acids is 1. The van der Waals surface area contributed by atoms with Crippen LogP contribution < -0.4 is 4.90 Å². The second-order valence-corrected chi connectivity index (χ2v) is 13.2. The predicted octanol–water partition coefficient (Wildman–Crippen LogP) is 4.38. The van der Waals surface area contributed by atoms with Crippen LogP contribution in [0, 0.1) is 19.8 Å². The van der Waals surface area contributed by atoms with E-state index in [1.807, 2.05) is 23.3 Å². The summed E-state index contributed by atoms with van der Waals surface area (Å²) < 4.78 is 29.2. The van der Waals surface area contributed by atoms with E-state index in [1.54, 1.807) is 27.8 Å². The Morgan fingerprint density at radius 1 is 0.972 bits per heavy atom. The van der Waals surface area contributed by atoms with Gasteiger partial charge in [-0.2, -0.15) is 4.31 Å². The summed E-state index contributed by atoms with van der Waals surface area (Å²) in [6.07, 6.45) is 3.02. The fourth-order valence-electron chi connectivity index (χ4n) is 5.07. The van der Waals surface area contributed by atoms with Gasteiger partial charge in [-0.25, -0.2) is 13.4 Å². The van der Waals surface area contributed by atoms with Crippen LogP contribution in [-0.2, 0) is 14.8 Å². The number of sulfonamides is 1. The van der Waals surface area contributed by atoms with Gasteiger partial charge in [-0.1, -0.05) is 35.6 Å². The molecule has 0 unspecified atom stereocenters. The smallest absolute Gasteiger partial charge is 0.244 e. The van der Waals surface area contributed by atoms with Gasteiger partial charge >= 0.3 is 0 Å². The number of thiazole rings is 1. The average Bonchev–Trinajstić information content (AvgIpc) is 3.38. The molecule has 192 valence electrons. The van der Waals surface area contributed by atoms with Crippen molar-refractivity contribution in [1.29, 1.82) is 0 Å². The van der Waals surface area contributed by atoms with Crippen molar-refractivity contribution < 1.29 is 13.2 Å². The van der Waals surface area contributed by atoms with E-state index < -0.39 is 10.0 Å². The highest BCUT2D eigenvalue weighted by Crippen LogP contribution is 2.34. The monoisotopic (exact) mass is 544 g/mol. The molecule has 1 amide bonds. The van der Waals surface area contributed by atoms with Crippen LogP contribution in [0.1, 0.15) is 24.0 Å². The highest BCUT2D eigenvalue weighted by molar-refractivity contribution is 7.99. The van der Waals surface area contributed by atoms with E-state index in [4.69, 9.17) is 4.98 Å². The maximum absolute atomic E-state index is 13.3. The largest absolute Gasteiger partial charge is 0.345 e. The van der Waals surface area contributed by atoms with Gasteiger partial charge in [0.1, 0.15) is 0 Å². The first-order valence-electron chi connectivity index (χ1n) is 12.3. The summed E-state index contributed by atoms with van der Waals surface area (Å²) >= 11 is 3.17. The molecule has 1 aromatic heterocycles. The molecule has 0 N–H and O–H groups in total. The van der Waals surface area contributed by atoms with Gasteiger partial charge in [0, 0.05) is 50.1 Å². The number of carbonyl (C=O) groups is 1. The Kier molecular flexibility index (Phi) is 7.31. The van der Waals surface area contributed by atoms with Gasteiger partial charge in [0.2, 0.25) is 15.9 Å². The minimum atomic E-state index is -3.56. The van der Waals surface area contributed by atoms with Crippen molar-refractivity contribution in [2.75, 3.05) is 50.4 Å². The van der Waals surface area contributed by atoms with Crippen molar-refractivity contribution in [3.8, 4) is 0 Å². The van der Waals surface area contributed by atoms with Gasteiger partial charge in [0.05, 0.1) is 15.1 Å². The van der Waals surface area contributed by atoms with E-state index in [1.165, 1.54) is 27.6 Å². The van der Waals surface area contributed by atoms with E-state index in [-0.39, 0.29) is 11.8 Å². The average molecular weight is 545 g/mol. The molecule has 5 rings (SSSR count). The standard InChI is InChI=1S/C26H32N4O3S3/c1-18-8-9-19(2)24-23(18)27-26(35-24)29-16-14-28(15-17-29)25(31)20-10-12-30(13-11-20)36(32,33)22-7-5-4-6-21(22)34-3/h4-9,20H,10-17H2,1-3H3. The Hall–Kier alpha value is -2.14. The SMILES string of the molecule is CSc1ccccc1S(=O)(=O)N1CCC(C(=O)N2CCN(c3nc4c(C)ccc(C)c4s3)CC2)CC1. The van der Waals surface area contributed by atoms with Crippen LogP contribution in [0.4, 0.5) is 5.13 Å². The van der Waals surface area contributed by atoms with Crippen molar-refractivity contribution in [3.05, 3.63) is 47.5 Å². The molecule has 0 aliphatic carbocycles. The number of aromatic nitrogens is 1. The van der Waals surface area contributed by atoms with E-state index in [2.05, 4.69) is 30.9 Å². The Bertz CT molecular complexity index is 1330. The number of hydrogen-bond acceptors (Lipinski definition) is 7. The van der Waals surface area contributed by atoms with Crippen LogP contribution in [0.5, 0.6) is 0 Å². The molecule has 0 radical (unpaired) electrons. The molecule has 2 saturated heterocycles. The number of nitrogens with zero attached hydrogens (tertiary/aromatic N) is 4. The van der Waals surface area contributed by atoms with Crippen molar-refractivity contribution >= 4 is 54.4 Å².